The Hall–Kier alpha value is -2.52. The topological polar surface area (TPSA) is 134 Å². The second kappa shape index (κ2) is 13.0. The first-order valence-corrected chi connectivity index (χ1v) is 10.6. The van der Waals surface area contributed by atoms with E-state index in [1.807, 2.05) is 0 Å². The number of aromatic hydroxyl groups is 3. The third-order valence-electron chi connectivity index (χ3n) is 5.11. The lowest BCUT2D eigenvalue weighted by atomic mass is 10.1. The first-order valence-electron chi connectivity index (χ1n) is 10.6. The van der Waals surface area contributed by atoms with E-state index in [4.69, 9.17) is 4.74 Å². The number of hydrogen-bond acceptors (Lipinski definition) is 8. The number of aliphatic hydroxyl groups is 2. The van der Waals surface area contributed by atoms with Gasteiger partial charge in [-0.1, -0.05) is 25.0 Å². The van der Waals surface area contributed by atoms with Crippen molar-refractivity contribution in [1.29, 1.82) is 0 Å². The first kappa shape index (κ1) is 24.7. The fourth-order valence-corrected chi connectivity index (χ4v) is 3.22. The summed E-state index contributed by atoms with van der Waals surface area (Å²) in [6.07, 6.45) is 2.70. The van der Waals surface area contributed by atoms with E-state index >= 15 is 0 Å². The summed E-state index contributed by atoms with van der Waals surface area (Å²) in [5.41, 5.74) is 1.25. The number of ether oxygens (including phenoxy) is 1. The van der Waals surface area contributed by atoms with Gasteiger partial charge in [0.1, 0.15) is 0 Å². The highest BCUT2D eigenvalue weighted by atomic mass is 16.5. The molecule has 0 saturated heterocycles. The van der Waals surface area contributed by atoms with E-state index in [1.165, 1.54) is 25.3 Å². The highest BCUT2D eigenvalue weighted by molar-refractivity contribution is 5.42. The number of phenolic OH excluding ortho intramolecular Hbond substituents is 3. The van der Waals surface area contributed by atoms with Crippen molar-refractivity contribution in [3.63, 3.8) is 0 Å². The Balaban J connectivity index is 1.49. The summed E-state index contributed by atoms with van der Waals surface area (Å²) in [5, 5.41) is 55.2. The van der Waals surface area contributed by atoms with Crippen LogP contribution in [0.5, 0.6) is 23.0 Å². The van der Waals surface area contributed by atoms with Gasteiger partial charge in [0.15, 0.2) is 23.0 Å². The standard InChI is InChI=1S/C23H34N2O6/c1-31-23-13-17(7-9-19(23)27)22(30)15-25-11-5-3-2-4-10-24-14-21(29)16-6-8-18(26)20(28)12-16/h6-9,12-13,21-22,24-30H,2-5,10-11,14-15H2,1H3. The van der Waals surface area contributed by atoms with Crippen LogP contribution in [0.25, 0.3) is 0 Å². The molecule has 8 nitrogen and oxygen atoms in total. The molecule has 2 aromatic rings. The Bertz CT molecular complexity index is 802. The van der Waals surface area contributed by atoms with Crippen molar-refractivity contribution < 1.29 is 30.3 Å². The van der Waals surface area contributed by atoms with Gasteiger partial charge < -0.3 is 40.9 Å². The van der Waals surface area contributed by atoms with E-state index in [2.05, 4.69) is 10.6 Å². The lowest BCUT2D eigenvalue weighted by molar-refractivity contribution is 0.173. The van der Waals surface area contributed by atoms with Gasteiger partial charge in [-0.15, -0.1) is 0 Å². The smallest absolute Gasteiger partial charge is 0.160 e. The van der Waals surface area contributed by atoms with Gasteiger partial charge in [0.2, 0.25) is 0 Å². The van der Waals surface area contributed by atoms with Crippen LogP contribution < -0.4 is 15.4 Å². The van der Waals surface area contributed by atoms with Gasteiger partial charge >= 0.3 is 0 Å². The fraction of sp³-hybridized carbons (Fsp3) is 0.478. The molecule has 0 heterocycles. The average molecular weight is 435 g/mol. The summed E-state index contributed by atoms with van der Waals surface area (Å²) >= 11 is 0. The molecule has 0 amide bonds. The van der Waals surface area contributed by atoms with Gasteiger partial charge in [0.25, 0.3) is 0 Å². The molecule has 0 aliphatic carbocycles. The van der Waals surface area contributed by atoms with Gasteiger partial charge in [-0.3, -0.25) is 0 Å². The van der Waals surface area contributed by atoms with Crippen LogP contribution in [0.3, 0.4) is 0 Å². The first-order chi connectivity index (χ1) is 14.9. The third kappa shape index (κ3) is 8.26. The summed E-state index contributed by atoms with van der Waals surface area (Å²) < 4.78 is 5.06. The largest absolute Gasteiger partial charge is 0.504 e. The summed E-state index contributed by atoms with van der Waals surface area (Å²) in [4.78, 5) is 0. The van der Waals surface area contributed by atoms with Gasteiger partial charge in [-0.2, -0.15) is 0 Å². The SMILES string of the molecule is COc1cc(C(O)CNCCCCCCNCC(O)c2ccc(O)c(O)c2)ccc1O. The fourth-order valence-electron chi connectivity index (χ4n) is 3.22. The molecule has 7 N–H and O–H groups in total. The molecule has 0 bridgehead atoms. The van der Waals surface area contributed by atoms with Crippen LogP contribution in [-0.4, -0.2) is 58.8 Å². The number of phenols is 3. The average Bonchev–Trinajstić information content (AvgIpc) is 2.76. The number of methoxy groups -OCH3 is 1. The van der Waals surface area contributed by atoms with Crippen molar-refractivity contribution in [1.82, 2.24) is 10.6 Å². The van der Waals surface area contributed by atoms with Gasteiger partial charge in [0.05, 0.1) is 19.3 Å². The molecule has 2 unspecified atom stereocenters. The minimum absolute atomic E-state index is 0.0510. The van der Waals surface area contributed by atoms with Gasteiger partial charge in [-0.05, 0) is 61.3 Å². The molecule has 0 radical (unpaired) electrons. The molecule has 2 rings (SSSR count). The molecule has 8 heteroatoms. The van der Waals surface area contributed by atoms with Crippen molar-refractivity contribution in [3.05, 3.63) is 47.5 Å². The van der Waals surface area contributed by atoms with Crippen molar-refractivity contribution in [3.8, 4) is 23.0 Å². The van der Waals surface area contributed by atoms with Crippen molar-refractivity contribution in [2.45, 2.75) is 37.9 Å². The molecule has 2 aromatic carbocycles. The van der Waals surface area contributed by atoms with Gasteiger partial charge in [-0.25, -0.2) is 0 Å². The van der Waals surface area contributed by atoms with Crippen LogP contribution in [-0.2, 0) is 0 Å². The van der Waals surface area contributed by atoms with Gasteiger partial charge in [0, 0.05) is 13.1 Å². The maximum Gasteiger partial charge on any atom is 0.160 e. The zero-order chi connectivity index (χ0) is 22.6. The van der Waals surface area contributed by atoms with Crippen LogP contribution in [0.15, 0.2) is 36.4 Å². The minimum Gasteiger partial charge on any atom is -0.504 e. The Morgan fingerprint density at radius 1 is 0.710 bits per heavy atom. The lowest BCUT2D eigenvalue weighted by Gasteiger charge is -2.14. The van der Waals surface area contributed by atoms with E-state index in [-0.39, 0.29) is 17.2 Å². The molecule has 0 saturated carbocycles. The predicted octanol–water partition coefficient (Wildman–Crippen LogP) is 2.32. The van der Waals surface area contributed by atoms with E-state index in [1.54, 1.807) is 18.2 Å². The number of rotatable bonds is 14. The maximum atomic E-state index is 10.2. The zero-order valence-electron chi connectivity index (χ0n) is 17.9. The van der Waals surface area contributed by atoms with Crippen LogP contribution >= 0.6 is 0 Å². The molecule has 0 fully saturated rings. The minimum atomic E-state index is -0.740. The van der Waals surface area contributed by atoms with E-state index in [0.717, 1.165) is 38.8 Å². The molecular formula is C23H34N2O6. The van der Waals surface area contributed by atoms with Crippen molar-refractivity contribution in [2.24, 2.45) is 0 Å². The quantitative estimate of drug-likeness (QED) is 0.178. The highest BCUT2D eigenvalue weighted by Crippen LogP contribution is 2.29. The summed E-state index contributed by atoms with van der Waals surface area (Å²) in [5.74, 6) is -0.0390. The van der Waals surface area contributed by atoms with Crippen LogP contribution in [0.1, 0.15) is 49.0 Å². The Morgan fingerprint density at radius 3 is 1.74 bits per heavy atom. The number of aliphatic hydroxyl groups excluding tert-OH is 2. The maximum absolute atomic E-state index is 10.2. The number of hydrogen-bond donors (Lipinski definition) is 7. The van der Waals surface area contributed by atoms with Crippen LogP contribution in [0, 0.1) is 0 Å². The summed E-state index contributed by atoms with van der Waals surface area (Å²) in [6.45, 7) is 2.41. The molecular weight excluding hydrogens is 400 g/mol. The predicted molar refractivity (Wildman–Crippen MR) is 119 cm³/mol. The zero-order valence-corrected chi connectivity index (χ0v) is 17.9. The Morgan fingerprint density at radius 2 is 1.23 bits per heavy atom. The second-order valence-electron chi connectivity index (χ2n) is 7.53. The van der Waals surface area contributed by atoms with E-state index < -0.39 is 12.2 Å². The van der Waals surface area contributed by atoms with Crippen molar-refractivity contribution in [2.75, 3.05) is 33.3 Å². The second-order valence-corrected chi connectivity index (χ2v) is 7.53. The number of unbranched alkanes of at least 4 members (excludes halogenated alkanes) is 3. The lowest BCUT2D eigenvalue weighted by Crippen LogP contribution is -2.23. The summed E-state index contributed by atoms with van der Waals surface area (Å²) in [6, 6.07) is 9.14. The molecule has 0 spiro atoms. The Kier molecular flexibility index (Phi) is 10.4. The summed E-state index contributed by atoms with van der Waals surface area (Å²) in [7, 11) is 1.47. The normalized spacial score (nSPS) is 13.1. The van der Waals surface area contributed by atoms with Crippen molar-refractivity contribution >= 4 is 0 Å². The Labute approximate surface area is 183 Å². The van der Waals surface area contributed by atoms with E-state index in [0.29, 0.717) is 30.0 Å². The molecule has 2 atom stereocenters. The number of benzene rings is 2. The van der Waals surface area contributed by atoms with E-state index in [9.17, 15) is 25.5 Å². The number of nitrogens with one attached hydrogen (secondary N) is 2. The highest BCUT2D eigenvalue weighted by Gasteiger charge is 2.11. The molecule has 31 heavy (non-hydrogen) atoms. The van der Waals surface area contributed by atoms with Crippen LogP contribution in [0.4, 0.5) is 0 Å². The molecule has 0 aliphatic rings. The molecule has 0 aromatic heterocycles. The monoisotopic (exact) mass is 434 g/mol. The molecule has 0 aliphatic heterocycles. The van der Waals surface area contributed by atoms with Crippen LogP contribution in [0.2, 0.25) is 0 Å². The molecule has 172 valence electrons. The third-order valence-corrected chi connectivity index (χ3v) is 5.11.